The van der Waals surface area contributed by atoms with Gasteiger partial charge in [-0.2, -0.15) is 5.26 Å². The Balaban J connectivity index is 1.75. The van der Waals surface area contributed by atoms with E-state index in [0.717, 1.165) is 16.7 Å². The normalized spacial score (nSPS) is 9.88. The number of hydrogen-bond donors (Lipinski definition) is 1. The third-order valence-corrected chi connectivity index (χ3v) is 3.79. The minimum absolute atomic E-state index is 0.263. The smallest absolute Gasteiger partial charge is 0.344 e. The Bertz CT molecular complexity index is 823. The van der Waals surface area contributed by atoms with Crippen LogP contribution >= 0.6 is 0 Å². The van der Waals surface area contributed by atoms with E-state index in [4.69, 9.17) is 14.7 Å². The van der Waals surface area contributed by atoms with E-state index in [1.807, 2.05) is 26.0 Å². The van der Waals surface area contributed by atoms with Gasteiger partial charge >= 0.3 is 5.97 Å². The molecule has 0 atom stereocenters. The Morgan fingerprint density at radius 3 is 2.50 bits per heavy atom. The second-order valence-corrected chi connectivity index (χ2v) is 5.73. The SMILES string of the molecule is Cc1cccc(OCC(=O)OCC(=O)Nc2ccc(CC#N)cc2)c1C. The van der Waals surface area contributed by atoms with Crippen LogP contribution in [0.2, 0.25) is 0 Å². The fourth-order valence-electron chi connectivity index (χ4n) is 2.20. The van der Waals surface area contributed by atoms with Crippen molar-refractivity contribution < 1.29 is 19.1 Å². The molecule has 2 rings (SSSR count). The molecule has 1 amide bonds. The minimum Gasteiger partial charge on any atom is -0.482 e. The van der Waals surface area contributed by atoms with Crippen LogP contribution in [0.25, 0.3) is 0 Å². The fourth-order valence-corrected chi connectivity index (χ4v) is 2.20. The maximum absolute atomic E-state index is 11.8. The molecule has 0 aliphatic heterocycles. The quantitative estimate of drug-likeness (QED) is 0.774. The molecule has 0 radical (unpaired) electrons. The van der Waals surface area contributed by atoms with Gasteiger partial charge in [-0.25, -0.2) is 4.79 Å². The van der Waals surface area contributed by atoms with Crippen LogP contribution < -0.4 is 10.1 Å². The highest BCUT2D eigenvalue weighted by Crippen LogP contribution is 2.20. The summed E-state index contributed by atoms with van der Waals surface area (Å²) < 4.78 is 10.3. The molecule has 6 heteroatoms. The number of carbonyl (C=O) groups is 2. The molecular weight excluding hydrogens is 332 g/mol. The van der Waals surface area contributed by atoms with Crippen LogP contribution in [0.4, 0.5) is 5.69 Å². The van der Waals surface area contributed by atoms with Crippen molar-refractivity contribution in [3.05, 3.63) is 59.2 Å². The first-order valence-electron chi connectivity index (χ1n) is 8.10. The average molecular weight is 352 g/mol. The Morgan fingerprint density at radius 2 is 1.81 bits per heavy atom. The predicted molar refractivity (Wildman–Crippen MR) is 96.8 cm³/mol. The zero-order valence-electron chi connectivity index (χ0n) is 14.7. The van der Waals surface area contributed by atoms with Crippen LogP contribution in [0, 0.1) is 25.2 Å². The van der Waals surface area contributed by atoms with Crippen molar-refractivity contribution in [2.45, 2.75) is 20.3 Å². The summed E-state index contributed by atoms with van der Waals surface area (Å²) in [5, 5.41) is 11.2. The Hall–Kier alpha value is -3.33. The van der Waals surface area contributed by atoms with Crippen LogP contribution in [0.5, 0.6) is 5.75 Å². The molecule has 0 spiro atoms. The van der Waals surface area contributed by atoms with Crippen molar-refractivity contribution in [3.8, 4) is 11.8 Å². The minimum atomic E-state index is -0.620. The summed E-state index contributed by atoms with van der Waals surface area (Å²) in [4.78, 5) is 23.5. The molecule has 0 saturated heterocycles. The zero-order valence-corrected chi connectivity index (χ0v) is 14.7. The summed E-state index contributed by atoms with van der Waals surface area (Å²) >= 11 is 0. The lowest BCUT2D eigenvalue weighted by Crippen LogP contribution is -2.23. The van der Waals surface area contributed by atoms with E-state index in [9.17, 15) is 9.59 Å². The zero-order chi connectivity index (χ0) is 18.9. The van der Waals surface area contributed by atoms with Gasteiger partial charge in [0.25, 0.3) is 5.91 Å². The summed E-state index contributed by atoms with van der Waals surface area (Å²) in [5.41, 5.74) is 3.45. The molecule has 2 aromatic rings. The Morgan fingerprint density at radius 1 is 1.08 bits per heavy atom. The van der Waals surface area contributed by atoms with E-state index in [-0.39, 0.29) is 6.61 Å². The monoisotopic (exact) mass is 352 g/mol. The molecule has 0 saturated carbocycles. The molecule has 0 unspecified atom stereocenters. The molecule has 0 heterocycles. The van der Waals surface area contributed by atoms with Gasteiger partial charge in [-0.1, -0.05) is 24.3 Å². The second kappa shape index (κ2) is 9.23. The lowest BCUT2D eigenvalue weighted by atomic mass is 10.1. The third-order valence-electron chi connectivity index (χ3n) is 3.79. The number of aryl methyl sites for hydroxylation is 1. The van der Waals surface area contributed by atoms with Gasteiger partial charge in [-0.3, -0.25) is 4.79 Å². The van der Waals surface area contributed by atoms with Crippen LogP contribution in [-0.4, -0.2) is 25.1 Å². The molecule has 1 N–H and O–H groups in total. The highest BCUT2D eigenvalue weighted by Gasteiger charge is 2.10. The van der Waals surface area contributed by atoms with Crippen molar-refractivity contribution in [2.75, 3.05) is 18.5 Å². The van der Waals surface area contributed by atoms with E-state index < -0.39 is 18.5 Å². The highest BCUT2D eigenvalue weighted by molar-refractivity contribution is 5.92. The molecule has 26 heavy (non-hydrogen) atoms. The van der Waals surface area contributed by atoms with E-state index >= 15 is 0 Å². The maximum atomic E-state index is 11.8. The summed E-state index contributed by atoms with van der Waals surface area (Å²) in [6.07, 6.45) is 0.312. The van der Waals surface area contributed by atoms with Gasteiger partial charge < -0.3 is 14.8 Å². The van der Waals surface area contributed by atoms with Gasteiger partial charge in [0.1, 0.15) is 5.75 Å². The largest absolute Gasteiger partial charge is 0.482 e. The Kier molecular flexibility index (Phi) is 6.75. The topological polar surface area (TPSA) is 88.4 Å². The second-order valence-electron chi connectivity index (χ2n) is 5.73. The molecule has 6 nitrogen and oxygen atoms in total. The van der Waals surface area contributed by atoms with Gasteiger partial charge in [0.15, 0.2) is 13.2 Å². The molecular formula is C20H20N2O4. The van der Waals surface area contributed by atoms with Crippen molar-refractivity contribution in [1.29, 1.82) is 5.26 Å². The number of nitriles is 1. The maximum Gasteiger partial charge on any atom is 0.344 e. The van der Waals surface area contributed by atoms with Gasteiger partial charge in [-0.15, -0.1) is 0 Å². The van der Waals surface area contributed by atoms with Gasteiger partial charge in [0.05, 0.1) is 12.5 Å². The van der Waals surface area contributed by atoms with Crippen molar-refractivity contribution >= 4 is 17.6 Å². The van der Waals surface area contributed by atoms with Crippen molar-refractivity contribution in [1.82, 2.24) is 0 Å². The van der Waals surface area contributed by atoms with E-state index in [1.165, 1.54) is 0 Å². The molecule has 0 aliphatic carbocycles. The molecule has 134 valence electrons. The number of benzene rings is 2. The predicted octanol–water partition coefficient (Wildman–Crippen LogP) is 2.93. The highest BCUT2D eigenvalue weighted by atomic mass is 16.6. The molecule has 0 fully saturated rings. The molecule has 0 aliphatic rings. The van der Waals surface area contributed by atoms with E-state index in [1.54, 1.807) is 30.3 Å². The number of ether oxygens (including phenoxy) is 2. The number of carbonyl (C=O) groups excluding carboxylic acids is 2. The first-order valence-corrected chi connectivity index (χ1v) is 8.10. The van der Waals surface area contributed by atoms with Gasteiger partial charge in [-0.05, 0) is 48.7 Å². The lowest BCUT2D eigenvalue weighted by molar-refractivity contribution is -0.149. The molecule has 0 bridgehead atoms. The Labute approximate surface area is 152 Å². The third kappa shape index (κ3) is 5.64. The van der Waals surface area contributed by atoms with Crippen LogP contribution in [0.1, 0.15) is 16.7 Å². The first kappa shape index (κ1) is 19.0. The number of esters is 1. The standard InChI is InChI=1S/C20H20N2O4/c1-14-4-3-5-18(15(14)2)25-13-20(24)26-12-19(23)22-17-8-6-16(7-9-17)10-11-21/h3-9H,10,12-13H2,1-2H3,(H,22,23). The number of hydrogen-bond acceptors (Lipinski definition) is 5. The number of amides is 1. The molecule has 0 aromatic heterocycles. The van der Waals surface area contributed by atoms with E-state index in [0.29, 0.717) is 17.9 Å². The summed E-state index contributed by atoms with van der Waals surface area (Å²) in [6.45, 7) is 3.21. The first-order chi connectivity index (χ1) is 12.5. The number of nitrogens with one attached hydrogen (secondary N) is 1. The van der Waals surface area contributed by atoms with E-state index in [2.05, 4.69) is 11.4 Å². The van der Waals surface area contributed by atoms with Crippen LogP contribution in [0.15, 0.2) is 42.5 Å². The number of nitrogens with zero attached hydrogens (tertiary/aromatic N) is 1. The van der Waals surface area contributed by atoms with Crippen molar-refractivity contribution in [3.63, 3.8) is 0 Å². The summed E-state index contributed by atoms with van der Waals surface area (Å²) in [5.74, 6) is -0.451. The summed E-state index contributed by atoms with van der Waals surface area (Å²) in [7, 11) is 0. The van der Waals surface area contributed by atoms with Crippen LogP contribution in [-0.2, 0) is 20.7 Å². The summed E-state index contributed by atoms with van der Waals surface area (Å²) in [6, 6.07) is 14.5. The van der Waals surface area contributed by atoms with Crippen molar-refractivity contribution in [2.24, 2.45) is 0 Å². The number of anilines is 1. The van der Waals surface area contributed by atoms with Gasteiger partial charge in [0.2, 0.25) is 0 Å². The van der Waals surface area contributed by atoms with Gasteiger partial charge in [0, 0.05) is 5.69 Å². The average Bonchev–Trinajstić information content (AvgIpc) is 2.63. The fraction of sp³-hybridized carbons (Fsp3) is 0.250. The van der Waals surface area contributed by atoms with Crippen LogP contribution in [0.3, 0.4) is 0 Å². The number of rotatable bonds is 7. The molecule has 2 aromatic carbocycles. The lowest BCUT2D eigenvalue weighted by Gasteiger charge is -2.11.